The summed E-state index contributed by atoms with van der Waals surface area (Å²) < 4.78 is 16.5. The zero-order chi connectivity index (χ0) is 23.8. The number of esters is 2. The van der Waals surface area contributed by atoms with Gasteiger partial charge in [-0.3, -0.25) is 4.79 Å². The molecule has 0 radical (unpaired) electrons. The predicted molar refractivity (Wildman–Crippen MR) is 119 cm³/mol. The molecular formula is C25H24N2O6. The molecule has 1 spiro atoms. The molecule has 0 unspecified atom stereocenters. The number of carbonyl (C=O) groups excluding carboxylic acids is 3. The minimum atomic E-state index is -1.87. The molecule has 2 aliphatic heterocycles. The molecule has 2 heterocycles. The van der Waals surface area contributed by atoms with E-state index in [9.17, 15) is 14.4 Å². The van der Waals surface area contributed by atoms with E-state index in [0.717, 1.165) is 5.56 Å². The van der Waals surface area contributed by atoms with Crippen LogP contribution in [0.5, 0.6) is 0 Å². The van der Waals surface area contributed by atoms with Crippen LogP contribution >= 0.6 is 0 Å². The Morgan fingerprint density at radius 1 is 1.03 bits per heavy atom. The third kappa shape index (κ3) is 3.63. The van der Waals surface area contributed by atoms with Gasteiger partial charge in [0.25, 0.3) is 0 Å². The highest BCUT2D eigenvalue weighted by Gasteiger charge is 2.61. The third-order valence-corrected chi connectivity index (χ3v) is 5.50. The lowest BCUT2D eigenvalue weighted by molar-refractivity contribution is -0.146. The Kier molecular flexibility index (Phi) is 5.68. The summed E-state index contributed by atoms with van der Waals surface area (Å²) in [5.74, 6) is -2.50. The summed E-state index contributed by atoms with van der Waals surface area (Å²) >= 11 is 0. The number of amides is 1. The maximum Gasteiger partial charge on any atom is 0.341 e. The van der Waals surface area contributed by atoms with Crippen LogP contribution in [0, 0.1) is 0 Å². The van der Waals surface area contributed by atoms with Gasteiger partial charge >= 0.3 is 11.9 Å². The normalized spacial score (nSPS) is 19.3. The number of carbonyl (C=O) groups is 3. The van der Waals surface area contributed by atoms with Crippen molar-refractivity contribution in [3.05, 3.63) is 88.5 Å². The van der Waals surface area contributed by atoms with Crippen molar-refractivity contribution in [2.24, 2.45) is 5.73 Å². The molecule has 0 saturated heterocycles. The molecule has 0 bridgehead atoms. The molecule has 2 aromatic rings. The summed E-state index contributed by atoms with van der Waals surface area (Å²) in [7, 11) is 0. The number of nitrogens with two attached hydrogens (primary N) is 1. The highest BCUT2D eigenvalue weighted by atomic mass is 16.6. The number of benzene rings is 2. The number of ether oxygens (including phenoxy) is 3. The summed E-state index contributed by atoms with van der Waals surface area (Å²) in [6, 6.07) is 15.9. The molecule has 33 heavy (non-hydrogen) atoms. The first-order chi connectivity index (χ1) is 15.8. The van der Waals surface area contributed by atoms with Crippen LogP contribution in [0.3, 0.4) is 0 Å². The highest BCUT2D eigenvalue weighted by molar-refractivity contribution is 6.21. The average Bonchev–Trinajstić information content (AvgIpc) is 3.04. The SMILES string of the molecule is CC1=C(C(=O)OCc2ccccc2)[C@]2(C(=O)Nc3ccccc32)C(C(=O)OC(C)C)=C(N)O1. The van der Waals surface area contributed by atoms with Crippen molar-refractivity contribution >= 4 is 23.5 Å². The molecule has 0 saturated carbocycles. The minimum absolute atomic E-state index is 0.0270. The number of allylic oxidation sites excluding steroid dienone is 1. The molecule has 8 nitrogen and oxygen atoms in total. The van der Waals surface area contributed by atoms with Gasteiger partial charge in [0.15, 0.2) is 0 Å². The van der Waals surface area contributed by atoms with Crippen LogP contribution in [0.2, 0.25) is 0 Å². The van der Waals surface area contributed by atoms with Crippen LogP contribution in [-0.4, -0.2) is 23.9 Å². The number of hydrogen-bond donors (Lipinski definition) is 2. The van der Waals surface area contributed by atoms with Crippen molar-refractivity contribution in [1.29, 1.82) is 0 Å². The van der Waals surface area contributed by atoms with Crippen LogP contribution in [0.1, 0.15) is 31.9 Å². The number of nitrogens with one attached hydrogen (secondary N) is 1. The molecule has 4 rings (SSSR count). The van der Waals surface area contributed by atoms with Gasteiger partial charge in [-0.25, -0.2) is 9.59 Å². The fourth-order valence-corrected chi connectivity index (χ4v) is 4.21. The van der Waals surface area contributed by atoms with Crippen LogP contribution < -0.4 is 11.1 Å². The average molecular weight is 448 g/mol. The van der Waals surface area contributed by atoms with Gasteiger partial charge in [0.1, 0.15) is 28.9 Å². The van der Waals surface area contributed by atoms with Crippen molar-refractivity contribution in [2.75, 3.05) is 5.32 Å². The van der Waals surface area contributed by atoms with E-state index in [4.69, 9.17) is 19.9 Å². The van der Waals surface area contributed by atoms with E-state index in [1.807, 2.05) is 30.3 Å². The Hall–Kier alpha value is -4.07. The van der Waals surface area contributed by atoms with E-state index in [-0.39, 0.29) is 29.4 Å². The molecule has 8 heteroatoms. The predicted octanol–water partition coefficient (Wildman–Crippen LogP) is 3.05. The van der Waals surface area contributed by atoms with Gasteiger partial charge in [-0.2, -0.15) is 0 Å². The second-order valence-electron chi connectivity index (χ2n) is 8.04. The van der Waals surface area contributed by atoms with Crippen molar-refractivity contribution in [2.45, 2.75) is 38.9 Å². The van der Waals surface area contributed by atoms with Crippen molar-refractivity contribution < 1.29 is 28.6 Å². The largest absolute Gasteiger partial charge is 0.459 e. The number of hydrogen-bond acceptors (Lipinski definition) is 7. The Bertz CT molecular complexity index is 1200. The molecule has 0 aliphatic carbocycles. The van der Waals surface area contributed by atoms with Crippen molar-refractivity contribution in [1.82, 2.24) is 0 Å². The summed E-state index contributed by atoms with van der Waals surface area (Å²) in [5.41, 5.74) is 5.50. The number of rotatable bonds is 5. The first kappa shape index (κ1) is 22.1. The fraction of sp³-hybridized carbons (Fsp3) is 0.240. The maximum absolute atomic E-state index is 13.6. The van der Waals surface area contributed by atoms with Crippen molar-refractivity contribution in [3.63, 3.8) is 0 Å². The van der Waals surface area contributed by atoms with E-state index in [2.05, 4.69) is 5.32 Å². The maximum atomic E-state index is 13.6. The molecule has 0 fully saturated rings. The summed E-state index contributed by atoms with van der Waals surface area (Å²) in [6.07, 6.45) is -0.491. The van der Waals surface area contributed by atoms with Crippen LogP contribution in [0.25, 0.3) is 0 Å². The Morgan fingerprint density at radius 3 is 2.39 bits per heavy atom. The van der Waals surface area contributed by atoms with E-state index in [1.54, 1.807) is 38.1 Å². The van der Waals surface area contributed by atoms with Crippen LogP contribution in [0.15, 0.2) is 77.4 Å². The molecular weight excluding hydrogens is 424 g/mol. The van der Waals surface area contributed by atoms with Gasteiger partial charge < -0.3 is 25.3 Å². The number of anilines is 1. The molecule has 0 aromatic heterocycles. The van der Waals surface area contributed by atoms with E-state index < -0.39 is 29.4 Å². The Morgan fingerprint density at radius 2 is 1.70 bits per heavy atom. The minimum Gasteiger partial charge on any atom is -0.459 e. The smallest absolute Gasteiger partial charge is 0.341 e. The van der Waals surface area contributed by atoms with Gasteiger partial charge in [-0.15, -0.1) is 0 Å². The summed E-state index contributed by atoms with van der Waals surface area (Å²) in [6.45, 7) is 4.82. The monoisotopic (exact) mass is 448 g/mol. The highest BCUT2D eigenvalue weighted by Crippen LogP contribution is 2.52. The quantitative estimate of drug-likeness (QED) is 0.675. The summed E-state index contributed by atoms with van der Waals surface area (Å²) in [5, 5.41) is 2.76. The third-order valence-electron chi connectivity index (χ3n) is 5.50. The van der Waals surface area contributed by atoms with Crippen molar-refractivity contribution in [3.8, 4) is 0 Å². The zero-order valence-electron chi connectivity index (χ0n) is 18.5. The number of para-hydroxylation sites is 1. The first-order valence-corrected chi connectivity index (χ1v) is 10.5. The van der Waals surface area contributed by atoms with Gasteiger partial charge in [-0.1, -0.05) is 48.5 Å². The lowest BCUT2D eigenvalue weighted by Gasteiger charge is -2.35. The standard InChI is InChI=1S/C25H24N2O6/c1-14(2)32-23(29)20-21(26)33-15(3)19(22(28)31-13-16-9-5-4-6-10-16)25(20)17-11-7-8-12-18(17)27-24(25)30/h4-12,14H,13,26H2,1-3H3,(H,27,30)/t25-/m0/s1. The molecule has 170 valence electrons. The zero-order valence-corrected chi connectivity index (χ0v) is 18.5. The van der Waals surface area contributed by atoms with E-state index >= 15 is 0 Å². The van der Waals surface area contributed by atoms with Gasteiger partial charge in [0, 0.05) is 11.3 Å². The van der Waals surface area contributed by atoms with E-state index in [0.29, 0.717) is 11.3 Å². The van der Waals surface area contributed by atoms with Gasteiger partial charge in [0.2, 0.25) is 11.8 Å². The van der Waals surface area contributed by atoms with Gasteiger partial charge in [0.05, 0.1) is 6.10 Å². The lowest BCUT2D eigenvalue weighted by Crippen LogP contribution is -2.48. The second-order valence-corrected chi connectivity index (χ2v) is 8.04. The lowest BCUT2D eigenvalue weighted by atomic mass is 9.67. The summed E-state index contributed by atoms with van der Waals surface area (Å²) in [4.78, 5) is 40.2. The molecule has 2 aromatic carbocycles. The fourth-order valence-electron chi connectivity index (χ4n) is 4.21. The van der Waals surface area contributed by atoms with E-state index in [1.165, 1.54) is 6.92 Å². The molecule has 1 atom stereocenters. The topological polar surface area (TPSA) is 117 Å². The molecule has 2 aliphatic rings. The van der Waals surface area contributed by atoms with Gasteiger partial charge in [-0.05, 0) is 32.4 Å². The Labute approximate surface area is 191 Å². The second kappa shape index (κ2) is 8.46. The molecule has 1 amide bonds. The Balaban J connectivity index is 1.86. The molecule has 3 N–H and O–H groups in total. The van der Waals surface area contributed by atoms with Crippen LogP contribution in [-0.2, 0) is 40.6 Å². The number of fused-ring (bicyclic) bond motifs is 2. The first-order valence-electron chi connectivity index (χ1n) is 10.5. The van der Waals surface area contributed by atoms with Crippen LogP contribution in [0.4, 0.5) is 5.69 Å².